The molecule has 3 aromatic rings. The van der Waals surface area contributed by atoms with E-state index in [-0.39, 0.29) is 0 Å². The predicted molar refractivity (Wildman–Crippen MR) is 126 cm³/mol. The molecule has 2 saturated heterocycles. The molecule has 1 aliphatic carbocycles. The number of hydrogen-bond donors (Lipinski definition) is 1. The molecule has 0 amide bonds. The zero-order valence-corrected chi connectivity index (χ0v) is 18.3. The minimum Gasteiger partial charge on any atom is -0.300 e. The zero-order chi connectivity index (χ0) is 20.6. The van der Waals surface area contributed by atoms with Gasteiger partial charge in [0.1, 0.15) is 0 Å². The standard InChI is InChI=1S/C27H32N4/c1-4-14-31(15-5-1)23-12-16-30(17-13-23)19-20-8-10-21(11-9-20)26-25-18-22-6-2-3-7-24(22)27(25)29-28-26/h2-3,6-11,23H,1,4-5,12-19H2,(H,28,29). The minimum atomic E-state index is 0.824. The molecule has 6 rings (SSSR count). The van der Waals surface area contributed by atoms with E-state index in [2.05, 4.69) is 68.5 Å². The molecule has 4 nitrogen and oxygen atoms in total. The molecule has 1 aromatic heterocycles. The maximum atomic E-state index is 4.66. The van der Waals surface area contributed by atoms with Gasteiger partial charge in [0.05, 0.1) is 11.4 Å². The summed E-state index contributed by atoms with van der Waals surface area (Å²) >= 11 is 0. The summed E-state index contributed by atoms with van der Waals surface area (Å²) in [4.78, 5) is 5.40. The van der Waals surface area contributed by atoms with Gasteiger partial charge >= 0.3 is 0 Å². The summed E-state index contributed by atoms with van der Waals surface area (Å²) in [5, 5.41) is 7.95. The molecule has 0 spiro atoms. The first-order valence-corrected chi connectivity index (χ1v) is 12.1. The Labute approximate surface area is 185 Å². The number of likely N-dealkylation sites (tertiary alicyclic amines) is 2. The maximum Gasteiger partial charge on any atom is 0.0962 e. The second kappa shape index (κ2) is 8.25. The zero-order valence-electron chi connectivity index (χ0n) is 18.3. The Morgan fingerprint density at radius 1 is 0.871 bits per heavy atom. The van der Waals surface area contributed by atoms with E-state index in [0.29, 0.717) is 0 Å². The molecule has 31 heavy (non-hydrogen) atoms. The Kier molecular flexibility index (Phi) is 5.13. The van der Waals surface area contributed by atoms with Gasteiger partial charge in [-0.25, -0.2) is 0 Å². The third-order valence-corrected chi connectivity index (χ3v) is 7.62. The number of benzene rings is 2. The summed E-state index contributed by atoms with van der Waals surface area (Å²) in [5.74, 6) is 0. The van der Waals surface area contributed by atoms with Crippen LogP contribution in [0.2, 0.25) is 0 Å². The first kappa shape index (κ1) is 19.3. The number of aromatic nitrogens is 2. The molecule has 2 fully saturated rings. The first-order valence-electron chi connectivity index (χ1n) is 12.1. The smallest absolute Gasteiger partial charge is 0.0962 e. The molecule has 0 saturated carbocycles. The predicted octanol–water partition coefficient (Wildman–Crippen LogP) is 5.10. The fraction of sp³-hybridized carbons (Fsp3) is 0.444. The van der Waals surface area contributed by atoms with E-state index >= 15 is 0 Å². The number of hydrogen-bond acceptors (Lipinski definition) is 3. The highest BCUT2D eigenvalue weighted by Gasteiger charge is 2.26. The molecule has 3 heterocycles. The van der Waals surface area contributed by atoms with Gasteiger partial charge in [0.2, 0.25) is 0 Å². The lowest BCUT2D eigenvalue weighted by molar-refractivity contribution is 0.0896. The van der Waals surface area contributed by atoms with Crippen molar-refractivity contribution in [3.05, 3.63) is 65.2 Å². The molecule has 3 aliphatic rings. The molecular formula is C27H32N4. The van der Waals surface area contributed by atoms with Gasteiger partial charge in [-0.3, -0.25) is 10.00 Å². The van der Waals surface area contributed by atoms with Crippen LogP contribution >= 0.6 is 0 Å². The van der Waals surface area contributed by atoms with Gasteiger partial charge in [0.25, 0.3) is 0 Å². The molecule has 2 aliphatic heterocycles. The Bertz CT molecular complexity index is 1040. The molecule has 0 bridgehead atoms. The second-order valence-corrected chi connectivity index (χ2v) is 9.56. The number of nitrogens with zero attached hydrogens (tertiary/aromatic N) is 3. The third kappa shape index (κ3) is 3.72. The number of H-pyrrole nitrogens is 1. The first-order chi connectivity index (χ1) is 15.3. The Morgan fingerprint density at radius 3 is 2.45 bits per heavy atom. The fourth-order valence-corrected chi connectivity index (χ4v) is 5.86. The van der Waals surface area contributed by atoms with Crippen LogP contribution in [0.1, 0.15) is 48.8 Å². The van der Waals surface area contributed by atoms with Gasteiger partial charge < -0.3 is 4.90 Å². The third-order valence-electron chi connectivity index (χ3n) is 7.62. The fourth-order valence-electron chi connectivity index (χ4n) is 5.86. The number of fused-ring (bicyclic) bond motifs is 3. The largest absolute Gasteiger partial charge is 0.300 e. The van der Waals surface area contributed by atoms with Crippen molar-refractivity contribution in [2.24, 2.45) is 0 Å². The average molecular weight is 413 g/mol. The van der Waals surface area contributed by atoms with E-state index in [4.69, 9.17) is 0 Å². The Morgan fingerprint density at radius 2 is 1.65 bits per heavy atom. The molecule has 1 N–H and O–H groups in total. The van der Waals surface area contributed by atoms with Crippen LogP contribution in [0, 0.1) is 0 Å². The Hall–Kier alpha value is -2.43. The van der Waals surface area contributed by atoms with Crippen molar-refractivity contribution in [1.82, 2.24) is 20.0 Å². The topological polar surface area (TPSA) is 35.2 Å². The number of rotatable bonds is 4. The normalized spacial score (nSPS) is 20.0. The van der Waals surface area contributed by atoms with Crippen LogP contribution in [0.25, 0.3) is 22.5 Å². The van der Waals surface area contributed by atoms with E-state index in [0.717, 1.165) is 24.7 Å². The van der Waals surface area contributed by atoms with E-state index in [1.807, 2.05) is 0 Å². The summed E-state index contributed by atoms with van der Waals surface area (Å²) in [6.07, 6.45) is 7.87. The quantitative estimate of drug-likeness (QED) is 0.507. The molecule has 4 heteroatoms. The lowest BCUT2D eigenvalue weighted by Crippen LogP contribution is -2.46. The monoisotopic (exact) mass is 412 g/mol. The minimum absolute atomic E-state index is 0.824. The van der Waals surface area contributed by atoms with Gasteiger partial charge in [-0.15, -0.1) is 0 Å². The van der Waals surface area contributed by atoms with Gasteiger partial charge in [-0.1, -0.05) is 55.0 Å². The number of nitrogens with one attached hydrogen (secondary N) is 1. The van der Waals surface area contributed by atoms with Crippen molar-refractivity contribution < 1.29 is 0 Å². The van der Waals surface area contributed by atoms with Crippen LogP contribution in [0.4, 0.5) is 0 Å². The molecule has 0 unspecified atom stereocenters. The summed E-state index contributed by atoms with van der Waals surface area (Å²) < 4.78 is 0. The summed E-state index contributed by atoms with van der Waals surface area (Å²) in [7, 11) is 0. The van der Waals surface area contributed by atoms with Crippen molar-refractivity contribution in [3.63, 3.8) is 0 Å². The van der Waals surface area contributed by atoms with Crippen LogP contribution in [0.3, 0.4) is 0 Å². The summed E-state index contributed by atoms with van der Waals surface area (Å²) in [5.41, 5.74) is 8.99. The van der Waals surface area contributed by atoms with Crippen molar-refractivity contribution >= 4 is 0 Å². The van der Waals surface area contributed by atoms with E-state index in [9.17, 15) is 0 Å². The highest BCUT2D eigenvalue weighted by molar-refractivity contribution is 5.80. The number of aromatic amines is 1. The summed E-state index contributed by atoms with van der Waals surface area (Å²) in [6.45, 7) is 6.18. The molecular weight excluding hydrogens is 380 g/mol. The average Bonchev–Trinajstić information content (AvgIpc) is 3.40. The van der Waals surface area contributed by atoms with Gasteiger partial charge in [0, 0.05) is 35.7 Å². The van der Waals surface area contributed by atoms with Crippen LogP contribution in [0.15, 0.2) is 48.5 Å². The van der Waals surface area contributed by atoms with Crippen LogP contribution in [0.5, 0.6) is 0 Å². The molecule has 2 aromatic carbocycles. The summed E-state index contributed by atoms with van der Waals surface area (Å²) in [6, 6.07) is 18.6. The highest BCUT2D eigenvalue weighted by atomic mass is 15.2. The molecule has 160 valence electrons. The van der Waals surface area contributed by atoms with Gasteiger partial charge in [0.15, 0.2) is 0 Å². The van der Waals surface area contributed by atoms with Crippen molar-refractivity contribution in [3.8, 4) is 22.5 Å². The molecule has 0 atom stereocenters. The van der Waals surface area contributed by atoms with Crippen molar-refractivity contribution in [1.29, 1.82) is 0 Å². The molecule has 0 radical (unpaired) electrons. The number of piperidine rings is 2. The lowest BCUT2D eigenvalue weighted by Gasteiger charge is -2.40. The van der Waals surface area contributed by atoms with Gasteiger partial charge in [-0.05, 0) is 63.0 Å². The Balaban J connectivity index is 1.10. The van der Waals surface area contributed by atoms with Crippen molar-refractivity contribution in [2.75, 3.05) is 26.2 Å². The maximum absolute atomic E-state index is 4.66. The van der Waals surface area contributed by atoms with Crippen LogP contribution < -0.4 is 0 Å². The van der Waals surface area contributed by atoms with Crippen LogP contribution in [-0.2, 0) is 13.0 Å². The highest BCUT2D eigenvalue weighted by Crippen LogP contribution is 2.39. The van der Waals surface area contributed by atoms with E-state index in [1.165, 1.54) is 91.8 Å². The SMILES string of the molecule is c1ccc2c(c1)Cc1c(-c3ccc(CN4CCC(N5CCCCC5)CC4)cc3)n[nH]c1-2. The van der Waals surface area contributed by atoms with Crippen LogP contribution in [-0.4, -0.2) is 52.2 Å². The van der Waals surface area contributed by atoms with Crippen molar-refractivity contribution in [2.45, 2.75) is 51.1 Å². The lowest BCUT2D eigenvalue weighted by atomic mass is 9.99. The van der Waals surface area contributed by atoms with Gasteiger partial charge in [-0.2, -0.15) is 5.10 Å². The van der Waals surface area contributed by atoms with E-state index < -0.39 is 0 Å². The second-order valence-electron chi connectivity index (χ2n) is 9.56. The van der Waals surface area contributed by atoms with E-state index in [1.54, 1.807) is 0 Å².